The molecule has 2 aliphatic carbocycles. The third-order valence-corrected chi connectivity index (χ3v) is 7.46. The third-order valence-electron chi connectivity index (χ3n) is 6.40. The van der Waals surface area contributed by atoms with Crippen molar-refractivity contribution in [2.24, 2.45) is 0 Å². The second-order valence-corrected chi connectivity index (χ2v) is 9.37. The highest BCUT2D eigenvalue weighted by molar-refractivity contribution is 7.09. The molecule has 2 aromatic heterocycles. The van der Waals surface area contributed by atoms with Gasteiger partial charge in [-0.3, -0.25) is 9.69 Å². The molecule has 5 nitrogen and oxygen atoms in total. The van der Waals surface area contributed by atoms with Crippen LogP contribution in [0.3, 0.4) is 0 Å². The zero-order valence-corrected chi connectivity index (χ0v) is 16.7. The van der Waals surface area contributed by atoms with E-state index in [1.165, 1.54) is 55.6 Å². The molecule has 2 aromatic rings. The molecule has 1 atom stereocenters. The van der Waals surface area contributed by atoms with Crippen LogP contribution >= 0.6 is 11.3 Å². The van der Waals surface area contributed by atoms with Crippen LogP contribution in [-0.4, -0.2) is 32.3 Å². The molecule has 6 heteroatoms. The molecule has 27 heavy (non-hydrogen) atoms. The summed E-state index contributed by atoms with van der Waals surface area (Å²) in [5, 5.41) is 8.25. The third kappa shape index (κ3) is 3.87. The van der Waals surface area contributed by atoms with Crippen molar-refractivity contribution in [3.63, 3.8) is 0 Å². The van der Waals surface area contributed by atoms with E-state index in [1.807, 2.05) is 17.4 Å². The van der Waals surface area contributed by atoms with Crippen LogP contribution in [0, 0.1) is 0 Å². The average Bonchev–Trinajstić information content (AvgIpc) is 3.06. The van der Waals surface area contributed by atoms with E-state index in [1.54, 1.807) is 10.7 Å². The molecule has 0 spiro atoms. The van der Waals surface area contributed by atoms with Gasteiger partial charge in [0.1, 0.15) is 0 Å². The Bertz CT molecular complexity index is 850. The summed E-state index contributed by atoms with van der Waals surface area (Å²) in [5.74, 6) is 1.28. The normalized spacial score (nSPS) is 24.1. The molecule has 0 N–H and O–H groups in total. The molecule has 0 radical (unpaired) electrons. The zero-order valence-electron chi connectivity index (χ0n) is 15.8. The first-order valence-corrected chi connectivity index (χ1v) is 11.4. The summed E-state index contributed by atoms with van der Waals surface area (Å²) in [7, 11) is 0. The van der Waals surface area contributed by atoms with Crippen LogP contribution in [0.1, 0.15) is 79.6 Å². The van der Waals surface area contributed by atoms with Crippen molar-refractivity contribution in [3.8, 4) is 0 Å². The summed E-state index contributed by atoms with van der Waals surface area (Å²) >= 11 is 1.84. The smallest absolute Gasteiger partial charge is 0.266 e. The van der Waals surface area contributed by atoms with Gasteiger partial charge in [0.2, 0.25) is 0 Å². The van der Waals surface area contributed by atoms with Crippen molar-refractivity contribution >= 4 is 11.3 Å². The lowest BCUT2D eigenvalue weighted by molar-refractivity contribution is 0.214. The standard InChI is InChI=1S/C21H28N4OS/c26-20-10-9-19(15-7-8-15)23-25(20)13-18-6-3-11-24(18)12-17-14-27-21(22-17)16-4-1-2-5-16/h9-10,14-16,18H,1-8,11-13H2. The van der Waals surface area contributed by atoms with Gasteiger partial charge in [-0.05, 0) is 51.1 Å². The quantitative estimate of drug-likeness (QED) is 0.758. The van der Waals surface area contributed by atoms with Gasteiger partial charge in [0.15, 0.2) is 0 Å². The molecule has 0 bridgehead atoms. The van der Waals surface area contributed by atoms with Gasteiger partial charge in [-0.2, -0.15) is 5.10 Å². The molecule has 3 heterocycles. The molecule has 3 fully saturated rings. The first-order chi connectivity index (χ1) is 13.3. The monoisotopic (exact) mass is 384 g/mol. The van der Waals surface area contributed by atoms with Gasteiger partial charge in [0.25, 0.3) is 5.56 Å². The summed E-state index contributed by atoms with van der Waals surface area (Å²) in [5.41, 5.74) is 2.34. The molecular formula is C21H28N4OS. The van der Waals surface area contributed by atoms with Crippen molar-refractivity contribution in [3.05, 3.63) is 44.3 Å². The second kappa shape index (κ2) is 7.47. The number of likely N-dealkylation sites (tertiary alicyclic amines) is 1. The number of aromatic nitrogens is 3. The van der Waals surface area contributed by atoms with E-state index in [2.05, 4.69) is 15.4 Å². The van der Waals surface area contributed by atoms with Crippen LogP contribution in [0.5, 0.6) is 0 Å². The van der Waals surface area contributed by atoms with Crippen molar-refractivity contribution < 1.29 is 0 Å². The maximum Gasteiger partial charge on any atom is 0.266 e. The van der Waals surface area contributed by atoms with Gasteiger partial charge in [-0.15, -0.1) is 11.3 Å². The fourth-order valence-electron chi connectivity index (χ4n) is 4.67. The van der Waals surface area contributed by atoms with Crippen LogP contribution in [0.15, 0.2) is 22.3 Å². The number of hydrogen-bond acceptors (Lipinski definition) is 5. The zero-order chi connectivity index (χ0) is 18.2. The average molecular weight is 385 g/mol. The fourth-order valence-corrected chi connectivity index (χ4v) is 5.65. The Morgan fingerprint density at radius 1 is 1.04 bits per heavy atom. The Labute approximate surface area is 164 Å². The van der Waals surface area contributed by atoms with Gasteiger partial charge in [-0.1, -0.05) is 12.8 Å². The Hall–Kier alpha value is -1.53. The summed E-state index contributed by atoms with van der Waals surface area (Å²) in [6, 6.07) is 4.01. The maximum absolute atomic E-state index is 12.3. The molecular weight excluding hydrogens is 356 g/mol. The highest BCUT2D eigenvalue weighted by Gasteiger charge is 2.29. The van der Waals surface area contributed by atoms with Crippen LogP contribution in [0.25, 0.3) is 0 Å². The van der Waals surface area contributed by atoms with Gasteiger partial charge in [-0.25, -0.2) is 9.67 Å². The van der Waals surface area contributed by atoms with Crippen molar-refractivity contribution in [2.75, 3.05) is 6.54 Å². The molecule has 3 aliphatic rings. The Morgan fingerprint density at radius 3 is 2.70 bits per heavy atom. The molecule has 0 amide bonds. The van der Waals surface area contributed by atoms with E-state index in [0.29, 0.717) is 24.4 Å². The van der Waals surface area contributed by atoms with E-state index >= 15 is 0 Å². The van der Waals surface area contributed by atoms with E-state index in [4.69, 9.17) is 4.98 Å². The van der Waals surface area contributed by atoms with Gasteiger partial charge >= 0.3 is 0 Å². The second-order valence-electron chi connectivity index (χ2n) is 8.48. The summed E-state index contributed by atoms with van der Waals surface area (Å²) in [6.45, 7) is 2.71. The number of hydrogen-bond donors (Lipinski definition) is 0. The van der Waals surface area contributed by atoms with Gasteiger partial charge in [0, 0.05) is 35.9 Å². The topological polar surface area (TPSA) is 51.0 Å². The summed E-state index contributed by atoms with van der Waals surface area (Å²) in [4.78, 5) is 19.7. The first kappa shape index (κ1) is 17.6. The minimum atomic E-state index is 0.0310. The van der Waals surface area contributed by atoms with Crippen LogP contribution in [0.4, 0.5) is 0 Å². The Kier molecular flexibility index (Phi) is 4.86. The van der Waals surface area contributed by atoms with E-state index in [0.717, 1.165) is 25.2 Å². The van der Waals surface area contributed by atoms with Crippen molar-refractivity contribution in [1.82, 2.24) is 19.7 Å². The number of nitrogens with zero attached hydrogens (tertiary/aromatic N) is 4. The van der Waals surface area contributed by atoms with E-state index in [-0.39, 0.29) is 5.56 Å². The molecule has 144 valence electrons. The predicted octanol–water partition coefficient (Wildman–Crippen LogP) is 3.90. The van der Waals surface area contributed by atoms with Crippen molar-refractivity contribution in [2.45, 2.75) is 82.3 Å². The van der Waals surface area contributed by atoms with Gasteiger partial charge in [0.05, 0.1) is 22.9 Å². The van der Waals surface area contributed by atoms with E-state index in [9.17, 15) is 4.79 Å². The van der Waals surface area contributed by atoms with Crippen molar-refractivity contribution in [1.29, 1.82) is 0 Å². The molecule has 2 saturated carbocycles. The van der Waals surface area contributed by atoms with Crippen LogP contribution in [-0.2, 0) is 13.1 Å². The first-order valence-electron chi connectivity index (χ1n) is 10.5. The summed E-state index contributed by atoms with van der Waals surface area (Å²) < 4.78 is 1.71. The lowest BCUT2D eigenvalue weighted by Gasteiger charge is -2.24. The number of thiazole rings is 1. The minimum absolute atomic E-state index is 0.0310. The highest BCUT2D eigenvalue weighted by Crippen LogP contribution is 2.38. The Balaban J connectivity index is 1.27. The van der Waals surface area contributed by atoms with Crippen LogP contribution < -0.4 is 5.56 Å². The minimum Gasteiger partial charge on any atom is -0.293 e. The van der Waals surface area contributed by atoms with Crippen LogP contribution in [0.2, 0.25) is 0 Å². The SMILES string of the molecule is O=c1ccc(C2CC2)nn1CC1CCCN1Cc1csc(C2CCCC2)n1. The molecule has 0 aromatic carbocycles. The van der Waals surface area contributed by atoms with E-state index < -0.39 is 0 Å². The van der Waals surface area contributed by atoms with Gasteiger partial charge < -0.3 is 0 Å². The number of rotatable bonds is 6. The molecule has 1 saturated heterocycles. The molecule has 5 rings (SSSR count). The lowest BCUT2D eigenvalue weighted by Crippen LogP contribution is -2.37. The fraction of sp³-hybridized carbons (Fsp3) is 0.667. The maximum atomic E-state index is 12.3. The highest BCUT2D eigenvalue weighted by atomic mass is 32.1. The molecule has 1 unspecified atom stereocenters. The lowest BCUT2D eigenvalue weighted by atomic mass is 10.1. The largest absolute Gasteiger partial charge is 0.293 e. The molecule has 1 aliphatic heterocycles. The summed E-state index contributed by atoms with van der Waals surface area (Å²) in [6.07, 6.45) is 10.1. The Morgan fingerprint density at radius 2 is 1.89 bits per heavy atom. The predicted molar refractivity (Wildman–Crippen MR) is 107 cm³/mol.